The average Bonchev–Trinajstić information content (AvgIpc) is 2.44. The molecule has 0 saturated heterocycles. The third-order valence-corrected chi connectivity index (χ3v) is 3.67. The molecule has 4 nitrogen and oxygen atoms in total. The molecule has 0 bridgehead atoms. The van der Waals surface area contributed by atoms with Gasteiger partial charge in [-0.2, -0.15) is 0 Å². The largest absolute Gasteiger partial charge is 0.490 e. The van der Waals surface area contributed by atoms with Crippen molar-refractivity contribution in [1.29, 1.82) is 0 Å². The van der Waals surface area contributed by atoms with Crippen molar-refractivity contribution in [1.82, 2.24) is 4.90 Å². The fraction of sp³-hybridized carbons (Fsp3) is 0.625. The Kier molecular flexibility index (Phi) is 5.26. The van der Waals surface area contributed by atoms with Crippen LogP contribution >= 0.6 is 0 Å². The lowest BCUT2D eigenvalue weighted by molar-refractivity contribution is 0.153. The molecule has 1 heterocycles. The number of anilines is 1. The van der Waals surface area contributed by atoms with Gasteiger partial charge in [0.05, 0.1) is 18.3 Å². The molecule has 1 aliphatic rings. The lowest BCUT2D eigenvalue weighted by atomic mass is 10.0. The van der Waals surface area contributed by atoms with Crippen molar-refractivity contribution in [2.75, 3.05) is 45.2 Å². The molecule has 0 radical (unpaired) electrons. The summed E-state index contributed by atoms with van der Waals surface area (Å²) in [4.78, 5) is 4.44. The molecule has 4 heteroatoms. The van der Waals surface area contributed by atoms with Crippen molar-refractivity contribution in [2.45, 2.75) is 25.9 Å². The zero-order valence-corrected chi connectivity index (χ0v) is 12.8. The van der Waals surface area contributed by atoms with Crippen LogP contribution in [-0.2, 0) is 0 Å². The van der Waals surface area contributed by atoms with Gasteiger partial charge in [0.1, 0.15) is 12.4 Å². The molecular formula is C16H26N2O2. The van der Waals surface area contributed by atoms with Crippen molar-refractivity contribution in [3.8, 4) is 5.75 Å². The van der Waals surface area contributed by atoms with Crippen LogP contribution in [-0.4, -0.2) is 50.3 Å². The summed E-state index contributed by atoms with van der Waals surface area (Å²) >= 11 is 0. The van der Waals surface area contributed by atoms with Crippen LogP contribution in [0.2, 0.25) is 0 Å². The third-order valence-electron chi connectivity index (χ3n) is 3.67. The maximum atomic E-state index is 10.2. The summed E-state index contributed by atoms with van der Waals surface area (Å²) in [5.74, 6) is 0.908. The number of aliphatic hydroxyl groups excluding tert-OH is 1. The minimum atomic E-state index is -0.423. The summed E-state index contributed by atoms with van der Waals surface area (Å²) in [6.07, 6.45) is 1.45. The molecule has 0 aliphatic carbocycles. The molecule has 20 heavy (non-hydrogen) atoms. The van der Waals surface area contributed by atoms with E-state index in [4.69, 9.17) is 4.74 Å². The van der Waals surface area contributed by atoms with Crippen LogP contribution in [0, 0.1) is 0 Å². The normalized spacial score (nSPS) is 15.9. The van der Waals surface area contributed by atoms with Gasteiger partial charge in [0.2, 0.25) is 0 Å². The number of fused-ring (bicyclic) bond motifs is 1. The summed E-state index contributed by atoms with van der Waals surface area (Å²) in [5, 5.41) is 10.2. The first-order chi connectivity index (χ1) is 9.61. The van der Waals surface area contributed by atoms with Crippen LogP contribution in [0.3, 0.4) is 0 Å². The molecule has 0 spiro atoms. The van der Waals surface area contributed by atoms with Gasteiger partial charge in [-0.05, 0) is 44.6 Å². The molecular weight excluding hydrogens is 252 g/mol. The van der Waals surface area contributed by atoms with Gasteiger partial charge in [0.15, 0.2) is 0 Å². The molecule has 112 valence electrons. The van der Waals surface area contributed by atoms with Gasteiger partial charge < -0.3 is 19.6 Å². The van der Waals surface area contributed by atoms with Crippen molar-refractivity contribution in [2.24, 2.45) is 0 Å². The van der Waals surface area contributed by atoms with E-state index in [2.05, 4.69) is 22.8 Å². The van der Waals surface area contributed by atoms with Crippen LogP contribution in [0.5, 0.6) is 5.75 Å². The standard InChI is InChI=1S/C16H26N2O2/c1-4-8-18-10-11-20-16-12-13(5-6-14(16)18)15(19)7-9-17(2)3/h5-6,12,15,19H,4,7-11H2,1-3H3. The molecule has 1 N–H and O–H groups in total. The van der Waals surface area contributed by atoms with E-state index in [1.54, 1.807) is 0 Å². The summed E-state index contributed by atoms with van der Waals surface area (Å²) in [5.41, 5.74) is 2.10. The number of hydrogen-bond acceptors (Lipinski definition) is 4. The van der Waals surface area contributed by atoms with Crippen molar-refractivity contribution >= 4 is 5.69 Å². The van der Waals surface area contributed by atoms with E-state index in [-0.39, 0.29) is 0 Å². The Morgan fingerprint density at radius 1 is 1.40 bits per heavy atom. The fourth-order valence-electron chi connectivity index (χ4n) is 2.55. The van der Waals surface area contributed by atoms with Gasteiger partial charge in [-0.1, -0.05) is 13.0 Å². The lowest BCUT2D eigenvalue weighted by Gasteiger charge is -2.31. The molecule has 0 aromatic heterocycles. The lowest BCUT2D eigenvalue weighted by Crippen LogP contribution is -2.33. The summed E-state index contributed by atoms with van der Waals surface area (Å²) in [6.45, 7) is 5.79. The first kappa shape index (κ1) is 15.1. The Morgan fingerprint density at radius 3 is 2.90 bits per heavy atom. The number of hydrogen-bond donors (Lipinski definition) is 1. The van der Waals surface area contributed by atoms with E-state index >= 15 is 0 Å². The van der Waals surface area contributed by atoms with Gasteiger partial charge >= 0.3 is 0 Å². The second-order valence-corrected chi connectivity index (χ2v) is 5.67. The van der Waals surface area contributed by atoms with Crippen LogP contribution in [0.4, 0.5) is 5.69 Å². The van der Waals surface area contributed by atoms with Gasteiger partial charge in [-0.25, -0.2) is 0 Å². The predicted molar refractivity (Wildman–Crippen MR) is 82.6 cm³/mol. The van der Waals surface area contributed by atoms with Crippen LogP contribution in [0.1, 0.15) is 31.4 Å². The Morgan fingerprint density at radius 2 is 2.20 bits per heavy atom. The van der Waals surface area contributed by atoms with Crippen LogP contribution in [0.25, 0.3) is 0 Å². The van der Waals surface area contributed by atoms with Gasteiger partial charge in [-0.3, -0.25) is 0 Å². The highest BCUT2D eigenvalue weighted by molar-refractivity contribution is 5.61. The smallest absolute Gasteiger partial charge is 0.143 e. The molecule has 0 saturated carbocycles. The van der Waals surface area contributed by atoms with Crippen molar-refractivity contribution in [3.05, 3.63) is 23.8 Å². The fourth-order valence-corrected chi connectivity index (χ4v) is 2.55. The van der Waals surface area contributed by atoms with Crippen LogP contribution < -0.4 is 9.64 Å². The molecule has 2 rings (SSSR count). The summed E-state index contributed by atoms with van der Waals surface area (Å²) < 4.78 is 5.75. The molecule has 1 aromatic rings. The van der Waals surface area contributed by atoms with E-state index in [0.717, 1.165) is 56.1 Å². The third kappa shape index (κ3) is 3.64. The van der Waals surface area contributed by atoms with Gasteiger partial charge in [-0.15, -0.1) is 0 Å². The van der Waals surface area contributed by atoms with E-state index in [0.29, 0.717) is 0 Å². The predicted octanol–water partition coefficient (Wildman–Crippen LogP) is 2.28. The minimum Gasteiger partial charge on any atom is -0.490 e. The monoisotopic (exact) mass is 278 g/mol. The van der Waals surface area contributed by atoms with E-state index < -0.39 is 6.10 Å². The number of rotatable bonds is 6. The van der Waals surface area contributed by atoms with Gasteiger partial charge in [0.25, 0.3) is 0 Å². The Bertz CT molecular complexity index is 434. The summed E-state index contributed by atoms with van der Waals surface area (Å²) in [7, 11) is 4.04. The highest BCUT2D eigenvalue weighted by Gasteiger charge is 2.19. The number of benzene rings is 1. The van der Waals surface area contributed by atoms with E-state index in [1.165, 1.54) is 0 Å². The van der Waals surface area contributed by atoms with Gasteiger partial charge in [0, 0.05) is 13.1 Å². The Balaban J connectivity index is 2.10. The second kappa shape index (κ2) is 6.95. The van der Waals surface area contributed by atoms with Crippen molar-refractivity contribution < 1.29 is 9.84 Å². The molecule has 0 amide bonds. The Hall–Kier alpha value is -1.26. The highest BCUT2D eigenvalue weighted by Crippen LogP contribution is 2.34. The maximum absolute atomic E-state index is 10.2. The molecule has 0 fully saturated rings. The average molecular weight is 278 g/mol. The van der Waals surface area contributed by atoms with E-state index in [9.17, 15) is 5.11 Å². The first-order valence-corrected chi connectivity index (χ1v) is 7.46. The number of nitrogens with zero attached hydrogens (tertiary/aromatic N) is 2. The zero-order chi connectivity index (χ0) is 14.5. The second-order valence-electron chi connectivity index (χ2n) is 5.67. The molecule has 1 atom stereocenters. The van der Waals surface area contributed by atoms with Crippen molar-refractivity contribution in [3.63, 3.8) is 0 Å². The molecule has 1 aliphatic heterocycles. The van der Waals surface area contributed by atoms with Crippen LogP contribution in [0.15, 0.2) is 18.2 Å². The quantitative estimate of drug-likeness (QED) is 0.866. The number of aliphatic hydroxyl groups is 1. The maximum Gasteiger partial charge on any atom is 0.143 e. The molecule has 1 aromatic carbocycles. The SMILES string of the molecule is CCCN1CCOc2cc(C(O)CCN(C)C)ccc21. The zero-order valence-electron chi connectivity index (χ0n) is 12.8. The number of ether oxygens (including phenoxy) is 1. The minimum absolute atomic E-state index is 0.423. The van der Waals surface area contributed by atoms with E-state index in [1.807, 2.05) is 26.2 Å². The highest BCUT2D eigenvalue weighted by atomic mass is 16.5. The first-order valence-electron chi connectivity index (χ1n) is 7.46. The Labute approximate surface area is 122 Å². The summed E-state index contributed by atoms with van der Waals surface area (Å²) in [6, 6.07) is 6.10. The topological polar surface area (TPSA) is 35.9 Å². The molecule has 1 unspecified atom stereocenters.